The quantitative estimate of drug-likeness (QED) is 0.570. The molecular formula is C7H13N3. The highest BCUT2D eigenvalue weighted by Gasteiger charge is 2.03. The van der Waals surface area contributed by atoms with Gasteiger partial charge in [0.1, 0.15) is 0 Å². The van der Waals surface area contributed by atoms with E-state index in [-0.39, 0.29) is 0 Å². The van der Waals surface area contributed by atoms with Gasteiger partial charge in [0.05, 0.1) is 0 Å². The fraction of sp³-hybridized carbons (Fsp3) is 0.571. The highest BCUT2D eigenvalue weighted by molar-refractivity contribution is 5.95. The van der Waals surface area contributed by atoms with E-state index in [0.29, 0.717) is 0 Å². The Balaban J connectivity index is 2.52. The van der Waals surface area contributed by atoms with Gasteiger partial charge >= 0.3 is 0 Å². The van der Waals surface area contributed by atoms with Crippen molar-refractivity contribution in [3.63, 3.8) is 0 Å². The normalized spacial score (nSPS) is 22.2. The Morgan fingerprint density at radius 2 is 2.50 bits per heavy atom. The summed E-state index contributed by atoms with van der Waals surface area (Å²) in [5.41, 5.74) is 4.21. The lowest BCUT2D eigenvalue weighted by atomic mass is 10.2. The summed E-state index contributed by atoms with van der Waals surface area (Å²) in [6.45, 7) is 1.01. The number of hydrazine groups is 1. The summed E-state index contributed by atoms with van der Waals surface area (Å²) in [7, 11) is 3.74. The number of hydrogen-bond acceptors (Lipinski definition) is 3. The minimum absolute atomic E-state index is 1.01. The number of nitrogens with zero attached hydrogens (tertiary/aromatic N) is 2. The zero-order chi connectivity index (χ0) is 7.40. The molecule has 1 aliphatic rings. The smallest absolute Gasteiger partial charge is 0.0393 e. The zero-order valence-electron chi connectivity index (χ0n) is 6.46. The number of hydrogen-bond donors (Lipinski definition) is 1. The second-order valence-corrected chi connectivity index (χ2v) is 2.20. The van der Waals surface area contributed by atoms with Gasteiger partial charge in [0.25, 0.3) is 0 Å². The van der Waals surface area contributed by atoms with Crippen molar-refractivity contribution in [2.45, 2.75) is 6.42 Å². The molecular weight excluding hydrogens is 126 g/mol. The molecule has 0 spiro atoms. The first kappa shape index (κ1) is 7.28. The van der Waals surface area contributed by atoms with Gasteiger partial charge in [-0.3, -0.25) is 4.99 Å². The predicted molar refractivity (Wildman–Crippen MR) is 42.9 cm³/mol. The maximum Gasteiger partial charge on any atom is 0.0393 e. The van der Waals surface area contributed by atoms with Crippen molar-refractivity contribution < 1.29 is 0 Å². The third-order valence-electron chi connectivity index (χ3n) is 1.63. The molecule has 0 amide bonds. The van der Waals surface area contributed by atoms with Gasteiger partial charge in [-0.25, -0.2) is 5.43 Å². The van der Waals surface area contributed by atoms with Gasteiger partial charge < -0.3 is 5.01 Å². The molecule has 0 atom stereocenters. The second-order valence-electron chi connectivity index (χ2n) is 2.20. The average Bonchev–Trinajstić information content (AvgIpc) is 2.05. The topological polar surface area (TPSA) is 27.6 Å². The van der Waals surface area contributed by atoms with Crippen LogP contribution in [0.15, 0.2) is 17.3 Å². The first-order valence-corrected chi connectivity index (χ1v) is 3.44. The summed E-state index contributed by atoms with van der Waals surface area (Å²) in [6, 6.07) is 0. The molecule has 3 heteroatoms. The number of rotatable bonds is 1. The maximum atomic E-state index is 4.09. The van der Waals surface area contributed by atoms with E-state index < -0.39 is 0 Å². The van der Waals surface area contributed by atoms with E-state index in [0.717, 1.165) is 13.0 Å². The molecule has 0 aliphatic carbocycles. The van der Waals surface area contributed by atoms with E-state index in [9.17, 15) is 0 Å². The van der Waals surface area contributed by atoms with Gasteiger partial charge in [0.2, 0.25) is 0 Å². The van der Waals surface area contributed by atoms with Crippen LogP contribution in [0.5, 0.6) is 0 Å². The van der Waals surface area contributed by atoms with Crippen LogP contribution in [0.3, 0.4) is 0 Å². The molecule has 1 aliphatic heterocycles. The molecule has 0 unspecified atom stereocenters. The van der Waals surface area contributed by atoms with Crippen LogP contribution in [0.1, 0.15) is 6.42 Å². The fourth-order valence-corrected chi connectivity index (χ4v) is 0.942. The molecule has 0 aromatic rings. The van der Waals surface area contributed by atoms with Crippen molar-refractivity contribution in [3.05, 3.63) is 12.3 Å². The van der Waals surface area contributed by atoms with E-state index in [1.54, 1.807) is 0 Å². The summed E-state index contributed by atoms with van der Waals surface area (Å²) in [5.74, 6) is 0. The molecule has 56 valence electrons. The summed E-state index contributed by atoms with van der Waals surface area (Å²) < 4.78 is 0. The van der Waals surface area contributed by atoms with Crippen LogP contribution in [-0.4, -0.2) is 31.4 Å². The van der Waals surface area contributed by atoms with Crippen molar-refractivity contribution in [1.82, 2.24) is 10.4 Å². The van der Waals surface area contributed by atoms with Gasteiger partial charge in [-0.15, -0.1) is 0 Å². The van der Waals surface area contributed by atoms with Gasteiger partial charge in [-0.1, -0.05) is 0 Å². The lowest BCUT2D eigenvalue weighted by molar-refractivity contribution is 0.303. The van der Waals surface area contributed by atoms with Crippen molar-refractivity contribution >= 4 is 5.71 Å². The van der Waals surface area contributed by atoms with Crippen LogP contribution >= 0.6 is 0 Å². The van der Waals surface area contributed by atoms with Gasteiger partial charge in [0.15, 0.2) is 0 Å². The van der Waals surface area contributed by atoms with E-state index in [1.807, 2.05) is 31.4 Å². The average molecular weight is 139 g/mol. The van der Waals surface area contributed by atoms with Crippen LogP contribution in [0.2, 0.25) is 0 Å². The van der Waals surface area contributed by atoms with Crippen molar-refractivity contribution in [1.29, 1.82) is 0 Å². The largest absolute Gasteiger partial charge is 0.315 e. The molecule has 3 nitrogen and oxygen atoms in total. The molecule has 1 rings (SSSR count). The Hall–Kier alpha value is -0.830. The van der Waals surface area contributed by atoms with Crippen LogP contribution in [0.25, 0.3) is 0 Å². The standard InChI is InChI=1S/C7H13N3/c1-8-7-3-5-10(9-2)6-4-7/h3,5,9H,4,6H2,1-2H3. The van der Waals surface area contributed by atoms with Gasteiger partial charge in [-0.2, -0.15) is 0 Å². The second kappa shape index (κ2) is 3.37. The number of aliphatic imine (C=N–C) groups is 1. The van der Waals surface area contributed by atoms with Crippen LogP contribution < -0.4 is 5.43 Å². The van der Waals surface area contributed by atoms with E-state index in [1.165, 1.54) is 5.71 Å². The summed E-state index contributed by atoms with van der Waals surface area (Å²) in [5, 5.41) is 2.04. The molecule has 0 fully saturated rings. The van der Waals surface area contributed by atoms with Crippen molar-refractivity contribution in [2.24, 2.45) is 4.99 Å². The molecule has 0 aromatic carbocycles. The van der Waals surface area contributed by atoms with Crippen LogP contribution in [0.4, 0.5) is 0 Å². The van der Waals surface area contributed by atoms with Gasteiger partial charge in [0, 0.05) is 39.0 Å². The lowest BCUT2D eigenvalue weighted by Gasteiger charge is -2.22. The Bertz CT molecular complexity index is 160. The fourth-order valence-electron chi connectivity index (χ4n) is 0.942. The van der Waals surface area contributed by atoms with E-state index in [4.69, 9.17) is 0 Å². The SMILES string of the molecule is CN=C1C=CN(NC)CC1. The lowest BCUT2D eigenvalue weighted by Crippen LogP contribution is -2.34. The molecule has 10 heavy (non-hydrogen) atoms. The summed E-state index contributed by atoms with van der Waals surface area (Å²) in [4.78, 5) is 4.09. The highest BCUT2D eigenvalue weighted by atomic mass is 15.5. The molecule has 0 saturated heterocycles. The Labute approximate surface area is 61.4 Å². The highest BCUT2D eigenvalue weighted by Crippen LogP contribution is 1.99. The number of nitrogens with one attached hydrogen (secondary N) is 1. The van der Waals surface area contributed by atoms with E-state index >= 15 is 0 Å². The molecule has 0 saturated carbocycles. The molecule has 1 N–H and O–H groups in total. The first-order chi connectivity index (χ1) is 4.86. The van der Waals surface area contributed by atoms with Gasteiger partial charge in [-0.05, 0) is 6.08 Å². The minimum Gasteiger partial charge on any atom is -0.315 e. The third kappa shape index (κ3) is 1.57. The summed E-state index contributed by atoms with van der Waals surface area (Å²) >= 11 is 0. The first-order valence-electron chi connectivity index (χ1n) is 3.44. The van der Waals surface area contributed by atoms with E-state index in [2.05, 4.69) is 10.4 Å². The van der Waals surface area contributed by atoms with Crippen LogP contribution in [-0.2, 0) is 0 Å². The maximum absolute atomic E-state index is 4.09. The number of allylic oxidation sites excluding steroid dienone is 1. The predicted octanol–water partition coefficient (Wildman–Crippen LogP) is 0.411. The Kier molecular flexibility index (Phi) is 2.45. The molecule has 0 radical (unpaired) electrons. The van der Waals surface area contributed by atoms with Crippen molar-refractivity contribution in [3.8, 4) is 0 Å². The Morgan fingerprint density at radius 1 is 1.70 bits per heavy atom. The molecule has 0 bridgehead atoms. The molecule has 1 heterocycles. The van der Waals surface area contributed by atoms with Crippen molar-refractivity contribution in [2.75, 3.05) is 20.6 Å². The zero-order valence-corrected chi connectivity index (χ0v) is 6.46. The summed E-state index contributed by atoms with van der Waals surface area (Å²) in [6.07, 6.45) is 5.07. The monoisotopic (exact) mass is 139 g/mol. The minimum atomic E-state index is 1.01. The Morgan fingerprint density at radius 3 is 2.90 bits per heavy atom. The molecule has 0 aromatic heterocycles. The third-order valence-corrected chi connectivity index (χ3v) is 1.63. The van der Waals surface area contributed by atoms with Crippen LogP contribution in [0, 0.1) is 0 Å².